The molecule has 7 nitrogen and oxygen atoms in total. The summed E-state index contributed by atoms with van der Waals surface area (Å²) in [5.41, 5.74) is 0.653. The molecule has 0 radical (unpaired) electrons. The maximum atomic E-state index is 12.6. The number of hydrogen-bond donors (Lipinski definition) is 0. The summed E-state index contributed by atoms with van der Waals surface area (Å²) in [6.07, 6.45) is 1.61. The lowest BCUT2D eigenvalue weighted by Gasteiger charge is -2.13. The second-order valence-electron chi connectivity index (χ2n) is 6.23. The van der Waals surface area contributed by atoms with Crippen molar-refractivity contribution in [1.82, 2.24) is 4.90 Å². The molecule has 0 aliphatic carbocycles. The van der Waals surface area contributed by atoms with Gasteiger partial charge in [-0.25, -0.2) is 0 Å². The number of esters is 1. The van der Waals surface area contributed by atoms with Gasteiger partial charge in [0, 0.05) is 6.92 Å². The number of carbonyl (C=O) groups is 3. The highest BCUT2D eigenvalue weighted by molar-refractivity contribution is 8.18. The van der Waals surface area contributed by atoms with Crippen LogP contribution in [0.1, 0.15) is 19.4 Å². The molecule has 0 unspecified atom stereocenters. The van der Waals surface area contributed by atoms with E-state index >= 15 is 0 Å². The lowest BCUT2D eigenvalue weighted by atomic mass is 10.2. The fourth-order valence-corrected chi connectivity index (χ4v) is 3.60. The summed E-state index contributed by atoms with van der Waals surface area (Å²) < 4.78 is 16.2. The number of benzene rings is 2. The molecule has 30 heavy (non-hydrogen) atoms. The minimum Gasteiger partial charge on any atom is -0.492 e. The molecule has 0 bridgehead atoms. The summed E-state index contributed by atoms with van der Waals surface area (Å²) in [4.78, 5) is 37.6. The number of imide groups is 1. The first-order chi connectivity index (χ1) is 14.5. The summed E-state index contributed by atoms with van der Waals surface area (Å²) in [6.45, 7) is 3.87. The molecule has 8 heteroatoms. The molecular weight excluding hydrogens is 406 g/mol. The van der Waals surface area contributed by atoms with Crippen LogP contribution in [0.25, 0.3) is 6.08 Å². The number of nitrogens with zero attached hydrogens (tertiary/aromatic N) is 1. The Balaban J connectivity index is 1.69. The second kappa shape index (κ2) is 9.98. The quantitative estimate of drug-likeness (QED) is 0.356. The molecular formula is C22H21NO6S. The predicted molar refractivity (Wildman–Crippen MR) is 114 cm³/mol. The summed E-state index contributed by atoms with van der Waals surface area (Å²) >= 11 is 0.874. The van der Waals surface area contributed by atoms with Gasteiger partial charge < -0.3 is 14.2 Å². The number of thioether (sulfide) groups is 1. The van der Waals surface area contributed by atoms with Crippen LogP contribution in [0.15, 0.2) is 53.4 Å². The largest absolute Gasteiger partial charge is 0.492 e. The van der Waals surface area contributed by atoms with Gasteiger partial charge in [-0.1, -0.05) is 24.3 Å². The Bertz CT molecular complexity index is 973. The lowest BCUT2D eigenvalue weighted by Crippen LogP contribution is -2.32. The topological polar surface area (TPSA) is 82.1 Å². The molecule has 2 aromatic rings. The van der Waals surface area contributed by atoms with E-state index in [1.165, 1.54) is 6.92 Å². The van der Waals surface area contributed by atoms with Gasteiger partial charge in [-0.3, -0.25) is 19.3 Å². The molecule has 1 fully saturated rings. The summed E-state index contributed by atoms with van der Waals surface area (Å²) in [7, 11) is 0. The van der Waals surface area contributed by atoms with Crippen LogP contribution in [0.2, 0.25) is 0 Å². The average Bonchev–Trinajstić information content (AvgIpc) is 2.98. The summed E-state index contributed by atoms with van der Waals surface area (Å²) in [5.74, 6) is 0.534. The molecule has 0 N–H and O–H groups in total. The van der Waals surface area contributed by atoms with Crippen molar-refractivity contribution in [3.05, 3.63) is 59.0 Å². The van der Waals surface area contributed by atoms with Gasteiger partial charge in [-0.05, 0) is 54.6 Å². The van der Waals surface area contributed by atoms with E-state index in [9.17, 15) is 14.4 Å². The van der Waals surface area contributed by atoms with Crippen molar-refractivity contribution < 1.29 is 28.6 Å². The highest BCUT2D eigenvalue weighted by Gasteiger charge is 2.34. The van der Waals surface area contributed by atoms with Gasteiger partial charge in [0.25, 0.3) is 11.1 Å². The first-order valence-electron chi connectivity index (χ1n) is 9.36. The third-order valence-electron chi connectivity index (χ3n) is 4.02. The zero-order chi connectivity index (χ0) is 21.5. The van der Waals surface area contributed by atoms with Crippen LogP contribution in [0, 0.1) is 0 Å². The van der Waals surface area contributed by atoms with Crippen molar-refractivity contribution in [2.45, 2.75) is 13.8 Å². The number of hydrogen-bond acceptors (Lipinski definition) is 7. The molecule has 2 aromatic carbocycles. The zero-order valence-electron chi connectivity index (χ0n) is 16.6. The lowest BCUT2D eigenvalue weighted by molar-refractivity contribution is -0.132. The van der Waals surface area contributed by atoms with Crippen molar-refractivity contribution in [3.63, 3.8) is 0 Å². The van der Waals surface area contributed by atoms with Gasteiger partial charge in [0.2, 0.25) is 0 Å². The maximum absolute atomic E-state index is 12.6. The third kappa shape index (κ3) is 5.42. The van der Waals surface area contributed by atoms with E-state index in [0.717, 1.165) is 16.7 Å². The molecule has 2 amide bonds. The monoisotopic (exact) mass is 427 g/mol. The van der Waals surface area contributed by atoms with Gasteiger partial charge in [0.1, 0.15) is 12.4 Å². The summed E-state index contributed by atoms with van der Waals surface area (Å²) in [6, 6.07) is 14.1. The molecule has 156 valence electrons. The zero-order valence-corrected chi connectivity index (χ0v) is 17.4. The molecule has 1 heterocycles. The van der Waals surface area contributed by atoms with Gasteiger partial charge in [-0.2, -0.15) is 0 Å². The van der Waals surface area contributed by atoms with Crippen molar-refractivity contribution in [3.8, 4) is 17.2 Å². The number of para-hydroxylation sites is 1. The Morgan fingerprint density at radius 1 is 1.07 bits per heavy atom. The van der Waals surface area contributed by atoms with Gasteiger partial charge in [-0.15, -0.1) is 0 Å². The normalized spacial score (nSPS) is 14.9. The molecule has 0 saturated carbocycles. The SMILES string of the molecule is CCOc1cc(/C=C2\SC(=O)N(CCOc3ccccc3)C2=O)ccc1OC(C)=O. The second-order valence-corrected chi connectivity index (χ2v) is 7.22. The van der Waals surface area contributed by atoms with Crippen molar-refractivity contribution in [1.29, 1.82) is 0 Å². The Labute approximate surface area is 178 Å². The van der Waals surface area contributed by atoms with Crippen LogP contribution in [-0.4, -0.2) is 41.8 Å². The van der Waals surface area contributed by atoms with Crippen LogP contribution in [0.3, 0.4) is 0 Å². The average molecular weight is 427 g/mol. The molecule has 3 rings (SSSR count). The van der Waals surface area contributed by atoms with Crippen molar-refractivity contribution in [2.75, 3.05) is 19.8 Å². The van der Waals surface area contributed by atoms with E-state index < -0.39 is 5.97 Å². The van der Waals surface area contributed by atoms with Crippen LogP contribution in [0.4, 0.5) is 4.79 Å². The Kier molecular flexibility index (Phi) is 7.13. The van der Waals surface area contributed by atoms with E-state index in [4.69, 9.17) is 14.2 Å². The first kappa shape index (κ1) is 21.4. The Hall–Kier alpha value is -3.26. The first-order valence-corrected chi connectivity index (χ1v) is 10.2. The fraction of sp³-hybridized carbons (Fsp3) is 0.227. The van der Waals surface area contributed by atoms with Crippen LogP contribution in [-0.2, 0) is 9.59 Å². The van der Waals surface area contributed by atoms with E-state index in [-0.39, 0.29) is 24.3 Å². The van der Waals surface area contributed by atoms with Gasteiger partial charge >= 0.3 is 5.97 Å². The molecule has 0 spiro atoms. The highest BCUT2D eigenvalue weighted by atomic mass is 32.2. The summed E-state index contributed by atoms with van der Waals surface area (Å²) in [5, 5.41) is -0.343. The van der Waals surface area contributed by atoms with E-state index in [2.05, 4.69) is 0 Å². The van der Waals surface area contributed by atoms with E-state index in [0.29, 0.717) is 34.3 Å². The standard InChI is InChI=1S/C22H21NO6S/c1-3-27-19-13-16(9-10-18(19)29-15(2)24)14-20-21(25)23(22(26)30-20)11-12-28-17-7-5-4-6-8-17/h4-10,13-14H,3,11-12H2,1-2H3/b20-14-. The third-order valence-corrected chi connectivity index (χ3v) is 4.93. The minimum absolute atomic E-state index is 0.159. The number of amides is 2. The Morgan fingerprint density at radius 3 is 2.53 bits per heavy atom. The van der Waals surface area contributed by atoms with Gasteiger partial charge in [0.05, 0.1) is 18.1 Å². The minimum atomic E-state index is -0.456. The fourth-order valence-electron chi connectivity index (χ4n) is 2.74. The molecule has 0 aromatic heterocycles. The van der Waals surface area contributed by atoms with E-state index in [1.807, 2.05) is 37.3 Å². The van der Waals surface area contributed by atoms with Crippen molar-refractivity contribution >= 4 is 35.0 Å². The number of rotatable bonds is 8. The van der Waals surface area contributed by atoms with Crippen LogP contribution >= 0.6 is 11.8 Å². The molecule has 0 atom stereocenters. The highest BCUT2D eigenvalue weighted by Crippen LogP contribution is 2.34. The molecule has 1 aliphatic rings. The smallest absolute Gasteiger partial charge is 0.308 e. The Morgan fingerprint density at radius 2 is 1.83 bits per heavy atom. The maximum Gasteiger partial charge on any atom is 0.308 e. The molecule has 1 saturated heterocycles. The molecule has 1 aliphatic heterocycles. The van der Waals surface area contributed by atoms with Gasteiger partial charge in [0.15, 0.2) is 11.5 Å². The van der Waals surface area contributed by atoms with Crippen molar-refractivity contribution in [2.24, 2.45) is 0 Å². The van der Waals surface area contributed by atoms with Crippen LogP contribution < -0.4 is 14.2 Å². The number of ether oxygens (including phenoxy) is 3. The van der Waals surface area contributed by atoms with E-state index in [1.54, 1.807) is 24.3 Å². The number of carbonyl (C=O) groups excluding carboxylic acids is 3. The predicted octanol–water partition coefficient (Wildman–Crippen LogP) is 4.13. The van der Waals surface area contributed by atoms with Crippen LogP contribution in [0.5, 0.6) is 17.2 Å².